The summed E-state index contributed by atoms with van der Waals surface area (Å²) in [6.45, 7) is 3.92. The van der Waals surface area contributed by atoms with Gasteiger partial charge >= 0.3 is 0 Å². The zero-order chi connectivity index (χ0) is 14.3. The lowest BCUT2D eigenvalue weighted by Gasteiger charge is -2.21. The van der Waals surface area contributed by atoms with E-state index in [0.717, 1.165) is 32.0 Å². The van der Waals surface area contributed by atoms with Gasteiger partial charge in [-0.15, -0.1) is 0 Å². The number of nitrogens with one attached hydrogen (secondary N) is 1. The van der Waals surface area contributed by atoms with Gasteiger partial charge in [-0.1, -0.05) is 19.1 Å². The Morgan fingerprint density at radius 3 is 2.63 bits per heavy atom. The van der Waals surface area contributed by atoms with E-state index in [0.29, 0.717) is 12.0 Å². The topological polar surface area (TPSA) is 15.3 Å². The lowest BCUT2D eigenvalue weighted by atomic mass is 10.0. The van der Waals surface area contributed by atoms with Crippen molar-refractivity contribution in [1.82, 2.24) is 10.2 Å². The maximum atomic E-state index is 13.7. The van der Waals surface area contributed by atoms with E-state index < -0.39 is 11.6 Å². The Balaban J connectivity index is 2.66. The molecule has 0 bridgehead atoms. The quantitative estimate of drug-likeness (QED) is 0.781. The minimum absolute atomic E-state index is 0.179. The van der Waals surface area contributed by atoms with Gasteiger partial charge in [0, 0.05) is 6.04 Å². The molecule has 0 radical (unpaired) electrons. The molecule has 0 saturated carbocycles. The van der Waals surface area contributed by atoms with E-state index in [-0.39, 0.29) is 6.04 Å². The van der Waals surface area contributed by atoms with Crippen molar-refractivity contribution in [1.29, 1.82) is 0 Å². The Morgan fingerprint density at radius 2 is 2.00 bits per heavy atom. The second kappa shape index (κ2) is 8.23. The second-order valence-corrected chi connectivity index (χ2v) is 5.16. The van der Waals surface area contributed by atoms with Gasteiger partial charge in [0.25, 0.3) is 0 Å². The van der Waals surface area contributed by atoms with E-state index in [1.165, 1.54) is 0 Å². The molecule has 19 heavy (non-hydrogen) atoms. The Morgan fingerprint density at radius 1 is 1.26 bits per heavy atom. The van der Waals surface area contributed by atoms with E-state index in [1.54, 1.807) is 12.1 Å². The van der Waals surface area contributed by atoms with E-state index >= 15 is 0 Å². The molecule has 0 aliphatic heterocycles. The van der Waals surface area contributed by atoms with Crippen molar-refractivity contribution in [2.45, 2.75) is 32.2 Å². The molecule has 0 aliphatic rings. The smallest absolute Gasteiger partial charge is 0.162 e. The van der Waals surface area contributed by atoms with Crippen molar-refractivity contribution in [3.8, 4) is 0 Å². The molecule has 1 unspecified atom stereocenters. The van der Waals surface area contributed by atoms with Crippen LogP contribution in [0.15, 0.2) is 18.2 Å². The number of halogens is 2. The molecule has 0 heterocycles. The fourth-order valence-corrected chi connectivity index (χ4v) is 2.01. The van der Waals surface area contributed by atoms with Crippen LogP contribution in [0.3, 0.4) is 0 Å². The van der Waals surface area contributed by atoms with Gasteiger partial charge in [0.15, 0.2) is 11.6 Å². The first kappa shape index (κ1) is 16.1. The first-order valence-electron chi connectivity index (χ1n) is 6.85. The summed E-state index contributed by atoms with van der Waals surface area (Å²) in [6.07, 6.45) is 2.48. The van der Waals surface area contributed by atoms with E-state index in [2.05, 4.69) is 17.1 Å². The number of rotatable bonds is 8. The number of hydrogen-bond donors (Lipinski definition) is 1. The average molecular weight is 270 g/mol. The number of hydrogen-bond acceptors (Lipinski definition) is 2. The highest BCUT2D eigenvalue weighted by atomic mass is 19.2. The molecule has 1 rings (SSSR count). The molecule has 2 nitrogen and oxygen atoms in total. The van der Waals surface area contributed by atoms with Crippen LogP contribution in [0.1, 0.15) is 25.3 Å². The molecule has 0 fully saturated rings. The van der Waals surface area contributed by atoms with Gasteiger partial charge in [-0.25, -0.2) is 8.78 Å². The van der Waals surface area contributed by atoms with Crippen molar-refractivity contribution < 1.29 is 8.78 Å². The van der Waals surface area contributed by atoms with Crippen molar-refractivity contribution in [3.05, 3.63) is 35.4 Å². The lowest BCUT2D eigenvalue weighted by Crippen LogP contribution is -2.35. The third kappa shape index (κ3) is 5.66. The van der Waals surface area contributed by atoms with Crippen molar-refractivity contribution >= 4 is 0 Å². The van der Waals surface area contributed by atoms with Gasteiger partial charge in [0.05, 0.1) is 0 Å². The monoisotopic (exact) mass is 270 g/mol. The fourth-order valence-electron chi connectivity index (χ4n) is 2.01. The zero-order valence-electron chi connectivity index (χ0n) is 12.0. The summed E-state index contributed by atoms with van der Waals surface area (Å²) >= 11 is 0. The van der Waals surface area contributed by atoms with Crippen LogP contribution in [0.5, 0.6) is 0 Å². The Kier molecular flexibility index (Phi) is 6.95. The van der Waals surface area contributed by atoms with Crippen LogP contribution in [0.4, 0.5) is 8.78 Å². The van der Waals surface area contributed by atoms with Crippen molar-refractivity contribution in [3.63, 3.8) is 0 Å². The average Bonchev–Trinajstić information content (AvgIpc) is 2.37. The van der Waals surface area contributed by atoms with Crippen molar-refractivity contribution in [2.75, 3.05) is 27.2 Å². The van der Waals surface area contributed by atoms with Gasteiger partial charge < -0.3 is 10.2 Å². The molecule has 0 aromatic heterocycles. The van der Waals surface area contributed by atoms with Gasteiger partial charge in [0.1, 0.15) is 0 Å². The summed E-state index contributed by atoms with van der Waals surface area (Å²) in [4.78, 5) is 2.10. The Labute approximate surface area is 114 Å². The van der Waals surface area contributed by atoms with Gasteiger partial charge in [0.2, 0.25) is 0 Å². The molecule has 1 aromatic carbocycles. The summed E-state index contributed by atoms with van der Waals surface area (Å²) in [6, 6.07) is 4.57. The molecular weight excluding hydrogens is 246 g/mol. The van der Waals surface area contributed by atoms with Crippen LogP contribution in [0.2, 0.25) is 0 Å². The molecule has 4 heteroatoms. The van der Waals surface area contributed by atoms with Crippen LogP contribution in [0, 0.1) is 11.6 Å². The summed E-state index contributed by atoms with van der Waals surface area (Å²) in [5.41, 5.74) is 0.451. The molecule has 0 amide bonds. The maximum Gasteiger partial charge on any atom is 0.162 e. The van der Waals surface area contributed by atoms with Gasteiger partial charge in [-0.3, -0.25) is 0 Å². The molecule has 1 N–H and O–H groups in total. The minimum atomic E-state index is -0.764. The van der Waals surface area contributed by atoms with E-state index in [1.807, 2.05) is 14.1 Å². The molecule has 0 saturated heterocycles. The van der Waals surface area contributed by atoms with Gasteiger partial charge in [-0.05, 0) is 58.1 Å². The predicted octanol–water partition coefficient (Wildman–Crippen LogP) is 2.83. The van der Waals surface area contributed by atoms with Crippen LogP contribution in [0.25, 0.3) is 0 Å². The number of nitrogens with zero attached hydrogens (tertiary/aromatic N) is 1. The first-order valence-corrected chi connectivity index (χ1v) is 6.85. The molecular formula is C15H24F2N2. The highest BCUT2D eigenvalue weighted by Gasteiger charge is 2.14. The molecule has 0 aliphatic carbocycles. The van der Waals surface area contributed by atoms with Gasteiger partial charge in [-0.2, -0.15) is 0 Å². The molecule has 108 valence electrons. The minimum Gasteiger partial charge on any atom is -0.314 e. The van der Waals surface area contributed by atoms with Crippen LogP contribution in [-0.4, -0.2) is 38.1 Å². The van der Waals surface area contributed by atoms with E-state index in [4.69, 9.17) is 0 Å². The Hall–Kier alpha value is -1.00. The second-order valence-electron chi connectivity index (χ2n) is 5.16. The summed E-state index contributed by atoms with van der Waals surface area (Å²) < 4.78 is 26.9. The highest BCUT2D eigenvalue weighted by molar-refractivity contribution is 5.20. The largest absolute Gasteiger partial charge is 0.314 e. The van der Waals surface area contributed by atoms with Crippen LogP contribution >= 0.6 is 0 Å². The first-order chi connectivity index (χ1) is 9.04. The zero-order valence-corrected chi connectivity index (χ0v) is 12.0. The molecule has 0 spiro atoms. The molecule has 1 atom stereocenters. The van der Waals surface area contributed by atoms with E-state index in [9.17, 15) is 8.78 Å². The summed E-state index contributed by atoms with van der Waals surface area (Å²) in [5.74, 6) is -1.48. The Bertz CT molecular complexity index is 380. The maximum absolute atomic E-state index is 13.7. The third-order valence-corrected chi connectivity index (χ3v) is 3.11. The number of benzene rings is 1. The van der Waals surface area contributed by atoms with Crippen LogP contribution < -0.4 is 5.32 Å². The SMILES string of the molecule is CCCNC(CCN(C)C)Cc1cccc(F)c1F. The predicted molar refractivity (Wildman–Crippen MR) is 75.3 cm³/mol. The normalized spacial score (nSPS) is 12.9. The highest BCUT2D eigenvalue weighted by Crippen LogP contribution is 2.14. The summed E-state index contributed by atoms with van der Waals surface area (Å²) in [5, 5.41) is 3.40. The lowest BCUT2D eigenvalue weighted by molar-refractivity contribution is 0.354. The van der Waals surface area contributed by atoms with Crippen LogP contribution in [-0.2, 0) is 6.42 Å². The standard InChI is InChI=1S/C15H24F2N2/c1-4-9-18-13(8-10-19(2)3)11-12-6-5-7-14(16)15(12)17/h5-7,13,18H,4,8-11H2,1-3H3. The third-order valence-electron chi connectivity index (χ3n) is 3.11. The fraction of sp³-hybridized carbons (Fsp3) is 0.600. The molecule has 1 aromatic rings. The van der Waals surface area contributed by atoms with Crippen molar-refractivity contribution in [2.24, 2.45) is 0 Å². The summed E-state index contributed by atoms with van der Waals surface area (Å²) in [7, 11) is 4.03.